The van der Waals surface area contributed by atoms with E-state index in [4.69, 9.17) is 17.3 Å². The predicted molar refractivity (Wildman–Crippen MR) is 127 cm³/mol. The van der Waals surface area contributed by atoms with Gasteiger partial charge in [0, 0.05) is 31.1 Å². The third-order valence-corrected chi connectivity index (χ3v) is 6.92. The van der Waals surface area contributed by atoms with Crippen LogP contribution in [0.15, 0.2) is 48.5 Å². The van der Waals surface area contributed by atoms with E-state index in [1.165, 1.54) is 0 Å². The highest BCUT2D eigenvalue weighted by Gasteiger charge is 2.36. The summed E-state index contributed by atoms with van der Waals surface area (Å²) in [5.74, 6) is -0.364. The van der Waals surface area contributed by atoms with Crippen molar-refractivity contribution in [3.63, 3.8) is 0 Å². The summed E-state index contributed by atoms with van der Waals surface area (Å²) < 4.78 is 0. The third-order valence-electron chi connectivity index (χ3n) is 6.67. The van der Waals surface area contributed by atoms with E-state index in [1.807, 2.05) is 29.2 Å². The van der Waals surface area contributed by atoms with Crippen molar-refractivity contribution in [2.24, 2.45) is 5.73 Å². The minimum Gasteiger partial charge on any atom is -0.368 e. The summed E-state index contributed by atoms with van der Waals surface area (Å²) in [7, 11) is 0. The van der Waals surface area contributed by atoms with Gasteiger partial charge in [-0.2, -0.15) is 0 Å². The maximum Gasteiger partial charge on any atom is 0.240 e. The van der Waals surface area contributed by atoms with Crippen molar-refractivity contribution in [1.82, 2.24) is 9.80 Å². The van der Waals surface area contributed by atoms with Crippen LogP contribution >= 0.6 is 11.6 Å². The van der Waals surface area contributed by atoms with Crippen molar-refractivity contribution < 1.29 is 14.4 Å². The minimum absolute atomic E-state index is 0.108. The summed E-state index contributed by atoms with van der Waals surface area (Å²) in [5.41, 5.74) is 8.96. The maximum absolute atomic E-state index is 12.9. The number of halogens is 1. The monoisotopic (exact) mass is 466 g/mol. The second-order valence-corrected chi connectivity index (χ2v) is 9.26. The first kappa shape index (κ1) is 23.3. The van der Waals surface area contributed by atoms with Crippen LogP contribution in [0, 0.1) is 6.42 Å². The molecule has 2 unspecified atom stereocenters. The molecule has 0 aliphatic carbocycles. The van der Waals surface area contributed by atoms with Crippen LogP contribution in [0.25, 0.3) is 0 Å². The molecule has 2 aromatic rings. The van der Waals surface area contributed by atoms with Gasteiger partial charge in [0.05, 0.1) is 6.42 Å². The predicted octanol–water partition coefficient (Wildman–Crippen LogP) is 3.47. The van der Waals surface area contributed by atoms with Crippen LogP contribution in [0.3, 0.4) is 0 Å². The number of primary amides is 1. The lowest BCUT2D eigenvalue weighted by molar-refractivity contribution is -0.138. The first-order chi connectivity index (χ1) is 15.9. The Morgan fingerprint density at radius 1 is 1.09 bits per heavy atom. The average molecular weight is 467 g/mol. The zero-order valence-corrected chi connectivity index (χ0v) is 19.3. The van der Waals surface area contributed by atoms with E-state index in [0.717, 1.165) is 36.1 Å². The number of amides is 3. The molecule has 0 bridgehead atoms. The first-order valence-electron chi connectivity index (χ1n) is 11.5. The van der Waals surface area contributed by atoms with E-state index in [2.05, 4.69) is 12.1 Å². The molecule has 0 aromatic heterocycles. The maximum atomic E-state index is 12.9. The summed E-state index contributed by atoms with van der Waals surface area (Å²) in [4.78, 5) is 40.8. The third kappa shape index (κ3) is 5.56. The molecule has 2 atom stereocenters. The van der Waals surface area contributed by atoms with E-state index < -0.39 is 11.9 Å². The van der Waals surface area contributed by atoms with Crippen LogP contribution in [-0.2, 0) is 27.3 Å². The van der Waals surface area contributed by atoms with Crippen LogP contribution in [-0.4, -0.2) is 46.7 Å². The molecular weight excluding hydrogens is 438 g/mol. The van der Waals surface area contributed by atoms with Gasteiger partial charge in [-0.05, 0) is 60.4 Å². The number of hydrogen-bond acceptors (Lipinski definition) is 3. The Kier molecular flexibility index (Phi) is 7.33. The summed E-state index contributed by atoms with van der Waals surface area (Å²) >= 11 is 5.92. The van der Waals surface area contributed by atoms with Gasteiger partial charge < -0.3 is 15.5 Å². The van der Waals surface area contributed by atoms with E-state index in [0.29, 0.717) is 37.4 Å². The Morgan fingerprint density at radius 2 is 1.85 bits per heavy atom. The van der Waals surface area contributed by atoms with Gasteiger partial charge in [-0.1, -0.05) is 48.0 Å². The molecule has 4 rings (SSSR count). The van der Waals surface area contributed by atoms with Crippen LogP contribution in [0.2, 0.25) is 5.02 Å². The molecule has 7 heteroatoms. The van der Waals surface area contributed by atoms with Gasteiger partial charge in [0.15, 0.2) is 0 Å². The Hall–Kier alpha value is -2.86. The molecule has 2 aliphatic rings. The molecule has 2 fully saturated rings. The summed E-state index contributed by atoms with van der Waals surface area (Å²) in [5, 5.41) is 0.648. The molecule has 2 N–H and O–H groups in total. The molecule has 2 aliphatic heterocycles. The average Bonchev–Trinajstić information content (AvgIpc) is 3.22. The molecule has 2 aromatic carbocycles. The lowest BCUT2D eigenvalue weighted by atomic mass is 9.82. The quantitative estimate of drug-likeness (QED) is 0.678. The smallest absolute Gasteiger partial charge is 0.240 e. The largest absolute Gasteiger partial charge is 0.368 e. The van der Waals surface area contributed by atoms with Gasteiger partial charge in [-0.15, -0.1) is 0 Å². The number of carbonyl (C=O) groups is 3. The topological polar surface area (TPSA) is 83.7 Å². The molecule has 0 spiro atoms. The Morgan fingerprint density at radius 3 is 2.55 bits per heavy atom. The summed E-state index contributed by atoms with van der Waals surface area (Å²) in [6.45, 7) is 1.84. The molecule has 3 amide bonds. The van der Waals surface area contributed by atoms with Crippen molar-refractivity contribution in [2.45, 2.75) is 50.6 Å². The fourth-order valence-electron chi connectivity index (χ4n) is 4.88. The van der Waals surface area contributed by atoms with Gasteiger partial charge in [0.1, 0.15) is 6.04 Å². The van der Waals surface area contributed by atoms with Gasteiger partial charge in [-0.25, -0.2) is 0 Å². The van der Waals surface area contributed by atoms with Crippen molar-refractivity contribution >= 4 is 29.3 Å². The lowest BCUT2D eigenvalue weighted by Gasteiger charge is -2.38. The number of rotatable bonds is 7. The SMILES string of the molecule is NC(=O)C1CC(c2ccccc2CN2CCCC2=O)CCN1C(=O)[CH]Cc1ccc(Cl)cc1. The van der Waals surface area contributed by atoms with Gasteiger partial charge >= 0.3 is 0 Å². The highest BCUT2D eigenvalue weighted by molar-refractivity contribution is 6.30. The zero-order chi connectivity index (χ0) is 23.4. The van der Waals surface area contributed by atoms with E-state index in [1.54, 1.807) is 23.5 Å². The van der Waals surface area contributed by atoms with Crippen LogP contribution < -0.4 is 5.73 Å². The highest BCUT2D eigenvalue weighted by Crippen LogP contribution is 2.34. The lowest BCUT2D eigenvalue weighted by Crippen LogP contribution is -2.52. The van der Waals surface area contributed by atoms with Crippen molar-refractivity contribution in [1.29, 1.82) is 0 Å². The number of piperidine rings is 1. The number of benzene rings is 2. The second-order valence-electron chi connectivity index (χ2n) is 8.82. The van der Waals surface area contributed by atoms with Crippen molar-refractivity contribution in [3.8, 4) is 0 Å². The molecular formula is C26H29ClN3O3. The van der Waals surface area contributed by atoms with Gasteiger partial charge in [-0.3, -0.25) is 14.4 Å². The molecule has 33 heavy (non-hydrogen) atoms. The fraction of sp³-hybridized carbons (Fsp3) is 0.385. The molecule has 6 nitrogen and oxygen atoms in total. The molecule has 1 radical (unpaired) electrons. The van der Waals surface area contributed by atoms with Gasteiger partial charge in [0.25, 0.3) is 0 Å². The molecule has 2 heterocycles. The Balaban J connectivity index is 1.44. The van der Waals surface area contributed by atoms with E-state index in [9.17, 15) is 14.4 Å². The molecule has 173 valence electrons. The standard InChI is InChI=1S/C26H29ClN3O3/c27-21-10-7-18(8-11-21)9-12-25(32)30-15-13-19(16-23(30)26(28)33)22-5-2-1-4-20(22)17-29-14-3-6-24(29)31/h1-2,4-5,7-8,10-12,19,23H,3,6,9,13-17H2,(H2,28,33). The van der Waals surface area contributed by atoms with Crippen LogP contribution in [0.1, 0.15) is 48.3 Å². The number of likely N-dealkylation sites (tertiary alicyclic amines) is 2. The number of nitrogens with two attached hydrogens (primary N) is 1. The Bertz CT molecular complexity index is 1020. The number of carbonyl (C=O) groups excluding carboxylic acids is 3. The van der Waals surface area contributed by atoms with Crippen LogP contribution in [0.4, 0.5) is 0 Å². The molecule has 2 saturated heterocycles. The van der Waals surface area contributed by atoms with E-state index >= 15 is 0 Å². The number of nitrogens with zero attached hydrogens (tertiary/aromatic N) is 2. The Labute approximate surface area is 199 Å². The minimum atomic E-state index is -0.654. The van der Waals surface area contributed by atoms with Gasteiger partial charge in [0.2, 0.25) is 17.7 Å². The van der Waals surface area contributed by atoms with Crippen molar-refractivity contribution in [3.05, 3.63) is 76.7 Å². The second kappa shape index (κ2) is 10.4. The first-order valence-corrected chi connectivity index (χ1v) is 11.8. The highest BCUT2D eigenvalue weighted by atomic mass is 35.5. The van der Waals surface area contributed by atoms with Crippen molar-refractivity contribution in [2.75, 3.05) is 13.1 Å². The number of hydrogen-bond donors (Lipinski definition) is 1. The zero-order valence-electron chi connectivity index (χ0n) is 18.6. The van der Waals surface area contributed by atoms with E-state index in [-0.39, 0.29) is 17.7 Å². The van der Waals surface area contributed by atoms with Crippen LogP contribution in [0.5, 0.6) is 0 Å². The fourth-order valence-corrected chi connectivity index (χ4v) is 5.00. The summed E-state index contributed by atoms with van der Waals surface area (Å²) in [6, 6.07) is 14.8. The normalized spacial score (nSPS) is 20.8. The summed E-state index contributed by atoms with van der Waals surface area (Å²) in [6.07, 6.45) is 4.81. The molecule has 0 saturated carbocycles.